The maximum atomic E-state index is 6.21. The van der Waals surface area contributed by atoms with E-state index in [9.17, 15) is 0 Å². The largest absolute Gasteiger partial charge is 0.497 e. The zero-order chi connectivity index (χ0) is 12.1. The van der Waals surface area contributed by atoms with Crippen molar-refractivity contribution in [2.24, 2.45) is 5.92 Å². The summed E-state index contributed by atoms with van der Waals surface area (Å²) in [5.41, 5.74) is 1.16. The summed E-state index contributed by atoms with van der Waals surface area (Å²) in [5, 5.41) is 4.09. The normalized spacial score (nSPS) is 12.9. The van der Waals surface area contributed by atoms with Crippen molar-refractivity contribution in [1.82, 2.24) is 5.32 Å². The van der Waals surface area contributed by atoms with Crippen LogP contribution in [0.3, 0.4) is 0 Å². The molecule has 0 spiro atoms. The molecule has 0 saturated carbocycles. The Balaban J connectivity index is 2.80. The molecule has 0 amide bonds. The van der Waals surface area contributed by atoms with Crippen molar-refractivity contribution in [2.75, 3.05) is 14.2 Å². The first-order valence-corrected chi connectivity index (χ1v) is 5.96. The standard InChI is InChI=1S/C13H20ClNO/c1-9(2)13(15-3)7-10-5-6-11(16-4)8-12(10)14/h5-6,8-9,13,15H,7H2,1-4H3. The average molecular weight is 242 g/mol. The molecule has 1 N–H and O–H groups in total. The predicted octanol–water partition coefficient (Wildman–Crippen LogP) is 3.14. The maximum absolute atomic E-state index is 6.21. The fourth-order valence-electron chi connectivity index (χ4n) is 1.73. The van der Waals surface area contributed by atoms with E-state index in [0.29, 0.717) is 12.0 Å². The van der Waals surface area contributed by atoms with Crippen molar-refractivity contribution in [3.8, 4) is 5.75 Å². The van der Waals surface area contributed by atoms with E-state index < -0.39 is 0 Å². The van der Waals surface area contributed by atoms with Gasteiger partial charge in [-0.1, -0.05) is 31.5 Å². The minimum Gasteiger partial charge on any atom is -0.497 e. The lowest BCUT2D eigenvalue weighted by atomic mass is 9.96. The summed E-state index contributed by atoms with van der Waals surface area (Å²) in [5.74, 6) is 1.39. The van der Waals surface area contributed by atoms with Gasteiger partial charge in [-0.15, -0.1) is 0 Å². The fraction of sp³-hybridized carbons (Fsp3) is 0.538. The first-order valence-electron chi connectivity index (χ1n) is 5.58. The van der Waals surface area contributed by atoms with Gasteiger partial charge in [-0.2, -0.15) is 0 Å². The number of ether oxygens (including phenoxy) is 1. The predicted molar refractivity (Wildman–Crippen MR) is 69.4 cm³/mol. The molecule has 1 aromatic rings. The zero-order valence-electron chi connectivity index (χ0n) is 10.4. The molecule has 0 heterocycles. The van der Waals surface area contributed by atoms with Gasteiger partial charge in [0.1, 0.15) is 5.75 Å². The molecule has 0 fully saturated rings. The number of likely N-dealkylation sites (N-methyl/N-ethyl adjacent to an activating group) is 1. The van der Waals surface area contributed by atoms with E-state index in [1.165, 1.54) is 0 Å². The van der Waals surface area contributed by atoms with Crippen molar-refractivity contribution in [2.45, 2.75) is 26.3 Å². The molecular formula is C13H20ClNO. The van der Waals surface area contributed by atoms with Crippen molar-refractivity contribution >= 4 is 11.6 Å². The SMILES string of the molecule is CNC(Cc1ccc(OC)cc1Cl)C(C)C. The number of hydrogen-bond donors (Lipinski definition) is 1. The first kappa shape index (κ1) is 13.3. The molecule has 0 aliphatic carbocycles. The summed E-state index contributed by atoms with van der Waals surface area (Å²) in [7, 11) is 3.64. The lowest BCUT2D eigenvalue weighted by Crippen LogP contribution is -2.32. The molecular weight excluding hydrogens is 222 g/mol. The van der Waals surface area contributed by atoms with Crippen molar-refractivity contribution in [3.63, 3.8) is 0 Å². The van der Waals surface area contributed by atoms with Crippen LogP contribution in [0.25, 0.3) is 0 Å². The van der Waals surface area contributed by atoms with E-state index in [-0.39, 0.29) is 0 Å². The molecule has 0 bridgehead atoms. The van der Waals surface area contributed by atoms with Gasteiger partial charge in [0.2, 0.25) is 0 Å². The summed E-state index contributed by atoms with van der Waals surface area (Å²) < 4.78 is 5.13. The quantitative estimate of drug-likeness (QED) is 0.855. The fourth-order valence-corrected chi connectivity index (χ4v) is 1.98. The van der Waals surface area contributed by atoms with E-state index in [4.69, 9.17) is 16.3 Å². The van der Waals surface area contributed by atoms with Gasteiger partial charge in [-0.25, -0.2) is 0 Å². The van der Waals surface area contributed by atoms with Crippen LogP contribution in [-0.2, 0) is 6.42 Å². The molecule has 2 nitrogen and oxygen atoms in total. The number of rotatable bonds is 5. The molecule has 1 atom stereocenters. The second-order valence-corrected chi connectivity index (χ2v) is 4.71. The van der Waals surface area contributed by atoms with Crippen LogP contribution in [0.5, 0.6) is 5.75 Å². The number of benzene rings is 1. The third-order valence-electron chi connectivity index (χ3n) is 2.88. The highest BCUT2D eigenvalue weighted by Crippen LogP contribution is 2.24. The van der Waals surface area contributed by atoms with Crippen molar-refractivity contribution in [3.05, 3.63) is 28.8 Å². The molecule has 16 heavy (non-hydrogen) atoms. The smallest absolute Gasteiger partial charge is 0.120 e. The van der Waals surface area contributed by atoms with Crippen LogP contribution >= 0.6 is 11.6 Å². The molecule has 0 aromatic heterocycles. The Kier molecular flexibility index (Phi) is 5.10. The van der Waals surface area contributed by atoms with E-state index in [0.717, 1.165) is 22.8 Å². The third kappa shape index (κ3) is 3.39. The summed E-state index contributed by atoms with van der Waals surface area (Å²) in [6.07, 6.45) is 0.941. The number of nitrogens with one attached hydrogen (secondary N) is 1. The Bertz CT molecular complexity index is 339. The molecule has 0 saturated heterocycles. The summed E-state index contributed by atoms with van der Waals surface area (Å²) >= 11 is 6.21. The highest BCUT2D eigenvalue weighted by atomic mass is 35.5. The lowest BCUT2D eigenvalue weighted by molar-refractivity contribution is 0.412. The van der Waals surface area contributed by atoms with Crippen LogP contribution in [0.4, 0.5) is 0 Å². The molecule has 0 radical (unpaired) electrons. The Morgan fingerprint density at radius 2 is 2.06 bits per heavy atom. The van der Waals surface area contributed by atoms with Crippen LogP contribution in [0, 0.1) is 5.92 Å². The number of methoxy groups -OCH3 is 1. The van der Waals surface area contributed by atoms with Gasteiger partial charge in [-0.3, -0.25) is 0 Å². The molecule has 1 aromatic carbocycles. The van der Waals surface area contributed by atoms with Gasteiger partial charge in [0.05, 0.1) is 7.11 Å². The zero-order valence-corrected chi connectivity index (χ0v) is 11.1. The number of hydrogen-bond acceptors (Lipinski definition) is 2. The van der Waals surface area contributed by atoms with Crippen molar-refractivity contribution < 1.29 is 4.74 Å². The van der Waals surface area contributed by atoms with Crippen LogP contribution in [0.15, 0.2) is 18.2 Å². The first-order chi connectivity index (χ1) is 7.58. The van der Waals surface area contributed by atoms with Gasteiger partial charge >= 0.3 is 0 Å². The van der Waals surface area contributed by atoms with E-state index in [1.807, 2.05) is 25.2 Å². The Morgan fingerprint density at radius 3 is 2.50 bits per heavy atom. The molecule has 1 rings (SSSR count). The van der Waals surface area contributed by atoms with Crippen LogP contribution in [0.2, 0.25) is 5.02 Å². The molecule has 0 aliphatic heterocycles. The Morgan fingerprint density at radius 1 is 1.38 bits per heavy atom. The van der Waals surface area contributed by atoms with Gasteiger partial charge in [0.15, 0.2) is 0 Å². The van der Waals surface area contributed by atoms with Crippen molar-refractivity contribution in [1.29, 1.82) is 0 Å². The van der Waals surface area contributed by atoms with E-state index >= 15 is 0 Å². The van der Waals surface area contributed by atoms with Crippen LogP contribution in [-0.4, -0.2) is 20.2 Å². The minimum atomic E-state index is 0.450. The molecule has 90 valence electrons. The highest BCUT2D eigenvalue weighted by Gasteiger charge is 2.13. The number of halogens is 1. The molecule has 1 unspecified atom stereocenters. The van der Waals surface area contributed by atoms with Gasteiger partial charge in [-0.05, 0) is 37.1 Å². The highest BCUT2D eigenvalue weighted by molar-refractivity contribution is 6.31. The monoisotopic (exact) mass is 241 g/mol. The van der Waals surface area contributed by atoms with Crippen LogP contribution < -0.4 is 10.1 Å². The van der Waals surface area contributed by atoms with E-state index in [2.05, 4.69) is 19.2 Å². The average Bonchev–Trinajstić information content (AvgIpc) is 2.26. The van der Waals surface area contributed by atoms with Gasteiger partial charge < -0.3 is 10.1 Å². The lowest BCUT2D eigenvalue weighted by Gasteiger charge is -2.20. The third-order valence-corrected chi connectivity index (χ3v) is 3.23. The van der Waals surface area contributed by atoms with Gasteiger partial charge in [0, 0.05) is 11.1 Å². The maximum Gasteiger partial charge on any atom is 0.120 e. The Labute approximate surface area is 103 Å². The van der Waals surface area contributed by atoms with Gasteiger partial charge in [0.25, 0.3) is 0 Å². The van der Waals surface area contributed by atoms with Crippen LogP contribution in [0.1, 0.15) is 19.4 Å². The topological polar surface area (TPSA) is 21.3 Å². The minimum absolute atomic E-state index is 0.450. The molecule has 3 heteroatoms. The second-order valence-electron chi connectivity index (χ2n) is 4.30. The second kappa shape index (κ2) is 6.12. The Hall–Kier alpha value is -0.730. The summed E-state index contributed by atoms with van der Waals surface area (Å²) in [6.45, 7) is 4.41. The summed E-state index contributed by atoms with van der Waals surface area (Å²) in [6, 6.07) is 6.30. The van der Waals surface area contributed by atoms with E-state index in [1.54, 1.807) is 7.11 Å². The molecule has 0 aliphatic rings. The summed E-state index contributed by atoms with van der Waals surface area (Å²) in [4.78, 5) is 0.